The van der Waals surface area contributed by atoms with Crippen LogP contribution in [0.5, 0.6) is 0 Å². The highest BCUT2D eigenvalue weighted by Gasteiger charge is 2.21. The lowest BCUT2D eigenvalue weighted by Crippen LogP contribution is -2.04. The van der Waals surface area contributed by atoms with Crippen LogP contribution in [0.4, 0.5) is 5.69 Å². The summed E-state index contributed by atoms with van der Waals surface area (Å²) in [6.07, 6.45) is 4.25. The van der Waals surface area contributed by atoms with Gasteiger partial charge in [-0.25, -0.2) is 0 Å². The highest BCUT2D eigenvalue weighted by Crippen LogP contribution is 2.34. The summed E-state index contributed by atoms with van der Waals surface area (Å²) in [5, 5.41) is 2.92. The quantitative estimate of drug-likeness (QED) is 0.847. The molecule has 3 heteroatoms. The van der Waals surface area contributed by atoms with Gasteiger partial charge in [0, 0.05) is 18.1 Å². The molecule has 0 atom stereocenters. The minimum Gasteiger partial charge on any atom is -0.325 e. The summed E-state index contributed by atoms with van der Waals surface area (Å²) in [6.45, 7) is 6.18. The molecule has 19 heavy (non-hydrogen) atoms. The molecule has 0 unspecified atom stereocenters. The molecule has 2 aromatic rings. The van der Waals surface area contributed by atoms with E-state index >= 15 is 0 Å². The number of aryl methyl sites for hydroxylation is 3. The van der Waals surface area contributed by atoms with Gasteiger partial charge in [-0.15, -0.1) is 0 Å². The van der Waals surface area contributed by atoms with Crippen molar-refractivity contribution in [2.75, 3.05) is 5.32 Å². The molecule has 0 aliphatic carbocycles. The van der Waals surface area contributed by atoms with Crippen molar-refractivity contribution in [1.29, 1.82) is 0 Å². The van der Waals surface area contributed by atoms with Crippen molar-refractivity contribution in [3.05, 3.63) is 46.8 Å². The first-order valence-electron chi connectivity index (χ1n) is 6.41. The predicted molar refractivity (Wildman–Crippen MR) is 76.2 cm³/mol. The van der Waals surface area contributed by atoms with Crippen LogP contribution in [0.1, 0.15) is 22.3 Å². The highest BCUT2D eigenvalue weighted by atomic mass is 16.1. The van der Waals surface area contributed by atoms with Crippen LogP contribution >= 0.6 is 0 Å². The molecule has 3 rings (SSSR count). The summed E-state index contributed by atoms with van der Waals surface area (Å²) in [6, 6.07) is 4.26. The van der Waals surface area contributed by atoms with Crippen molar-refractivity contribution in [2.45, 2.75) is 27.2 Å². The van der Waals surface area contributed by atoms with Gasteiger partial charge in [0.2, 0.25) is 5.91 Å². The Bertz CT molecular complexity index is 669. The second-order valence-electron chi connectivity index (χ2n) is 5.20. The summed E-state index contributed by atoms with van der Waals surface area (Å²) >= 11 is 0. The minimum absolute atomic E-state index is 0.0819. The number of nitrogens with one attached hydrogen (secondary N) is 1. The third-order valence-electron chi connectivity index (χ3n) is 3.65. The fourth-order valence-electron chi connectivity index (χ4n) is 2.84. The van der Waals surface area contributed by atoms with Crippen LogP contribution in [0.3, 0.4) is 0 Å². The average molecular weight is 252 g/mol. The zero-order valence-electron chi connectivity index (χ0n) is 11.4. The van der Waals surface area contributed by atoms with Crippen LogP contribution in [0.15, 0.2) is 24.5 Å². The fourth-order valence-corrected chi connectivity index (χ4v) is 2.84. The van der Waals surface area contributed by atoms with Crippen LogP contribution < -0.4 is 5.32 Å². The normalized spacial score (nSPS) is 13.3. The first-order chi connectivity index (χ1) is 9.06. The zero-order valence-corrected chi connectivity index (χ0v) is 11.4. The third kappa shape index (κ3) is 1.91. The van der Waals surface area contributed by atoms with Crippen molar-refractivity contribution in [1.82, 2.24) is 4.98 Å². The van der Waals surface area contributed by atoms with Gasteiger partial charge >= 0.3 is 0 Å². The smallest absolute Gasteiger partial charge is 0.228 e. The Labute approximate surface area is 112 Å². The first kappa shape index (κ1) is 11.9. The summed E-state index contributed by atoms with van der Waals surface area (Å²) in [5.41, 5.74) is 7.92. The molecule has 0 spiro atoms. The van der Waals surface area contributed by atoms with Gasteiger partial charge in [-0.3, -0.25) is 9.78 Å². The summed E-state index contributed by atoms with van der Waals surface area (Å²) < 4.78 is 0. The molecular formula is C16H16N2O. The lowest BCUT2D eigenvalue weighted by Gasteiger charge is -2.12. The van der Waals surface area contributed by atoms with Gasteiger partial charge in [0.05, 0.1) is 6.42 Å². The third-order valence-corrected chi connectivity index (χ3v) is 3.65. The Balaban J connectivity index is 2.21. The molecule has 0 radical (unpaired) electrons. The van der Waals surface area contributed by atoms with Gasteiger partial charge in [-0.2, -0.15) is 0 Å². The standard InChI is InChI=1S/C16H16N2O/c1-9-4-12(5-13-6-14(19)18-16(9)13)15-10(2)7-17-8-11(15)3/h4-5,7-8H,6H2,1-3H3,(H,18,19). The predicted octanol–water partition coefficient (Wildman–Crippen LogP) is 3.17. The van der Waals surface area contributed by atoms with Crippen molar-refractivity contribution in [2.24, 2.45) is 0 Å². The van der Waals surface area contributed by atoms with Gasteiger partial charge in [0.1, 0.15) is 0 Å². The number of nitrogens with zero attached hydrogens (tertiary/aromatic N) is 1. The van der Waals surface area contributed by atoms with Crippen LogP contribution in [0.2, 0.25) is 0 Å². The van der Waals surface area contributed by atoms with Crippen LogP contribution in [-0.2, 0) is 11.2 Å². The van der Waals surface area contributed by atoms with Gasteiger partial charge in [0.25, 0.3) is 0 Å². The Morgan fingerprint density at radius 1 is 1.05 bits per heavy atom. The van der Waals surface area contributed by atoms with Gasteiger partial charge < -0.3 is 5.32 Å². The second kappa shape index (κ2) is 4.19. The number of carbonyl (C=O) groups excluding carboxylic acids is 1. The van der Waals surface area contributed by atoms with E-state index in [0.717, 1.165) is 27.9 Å². The number of pyridine rings is 1. The van der Waals surface area contributed by atoms with E-state index in [0.29, 0.717) is 6.42 Å². The SMILES string of the molecule is Cc1cc(-c2c(C)cncc2C)cc2c1NC(=O)C2. The number of amides is 1. The van der Waals surface area contributed by atoms with E-state index in [4.69, 9.17) is 0 Å². The topological polar surface area (TPSA) is 42.0 Å². The number of rotatable bonds is 1. The maximum Gasteiger partial charge on any atom is 0.228 e. The number of anilines is 1. The molecule has 1 amide bonds. The van der Waals surface area contributed by atoms with Crippen LogP contribution in [0.25, 0.3) is 11.1 Å². The Morgan fingerprint density at radius 2 is 1.74 bits per heavy atom. The van der Waals surface area contributed by atoms with Crippen molar-refractivity contribution < 1.29 is 4.79 Å². The molecule has 1 aromatic carbocycles. The molecule has 2 heterocycles. The zero-order chi connectivity index (χ0) is 13.6. The molecule has 1 aromatic heterocycles. The van der Waals surface area contributed by atoms with Crippen molar-refractivity contribution >= 4 is 11.6 Å². The van der Waals surface area contributed by atoms with E-state index in [1.165, 1.54) is 11.1 Å². The Hall–Kier alpha value is -2.16. The van der Waals surface area contributed by atoms with Crippen LogP contribution in [0, 0.1) is 20.8 Å². The van der Waals surface area contributed by atoms with E-state index in [-0.39, 0.29) is 5.91 Å². The van der Waals surface area contributed by atoms with Gasteiger partial charge in [-0.1, -0.05) is 0 Å². The number of fused-ring (bicyclic) bond motifs is 1. The molecule has 3 nitrogen and oxygen atoms in total. The molecule has 0 saturated heterocycles. The van der Waals surface area contributed by atoms with Gasteiger partial charge in [-0.05, 0) is 66.3 Å². The van der Waals surface area contributed by atoms with Gasteiger partial charge in [0.15, 0.2) is 0 Å². The van der Waals surface area contributed by atoms with Crippen molar-refractivity contribution in [3.8, 4) is 11.1 Å². The molecule has 0 bridgehead atoms. The second-order valence-corrected chi connectivity index (χ2v) is 5.20. The minimum atomic E-state index is 0.0819. The number of carbonyl (C=O) groups is 1. The maximum atomic E-state index is 11.5. The van der Waals surface area contributed by atoms with E-state index in [2.05, 4.69) is 36.3 Å². The largest absolute Gasteiger partial charge is 0.325 e. The summed E-state index contributed by atoms with van der Waals surface area (Å²) in [7, 11) is 0. The number of hydrogen-bond acceptors (Lipinski definition) is 2. The van der Waals surface area contributed by atoms with Crippen molar-refractivity contribution in [3.63, 3.8) is 0 Å². The molecule has 0 fully saturated rings. The Morgan fingerprint density at radius 3 is 2.42 bits per heavy atom. The maximum absolute atomic E-state index is 11.5. The monoisotopic (exact) mass is 252 g/mol. The highest BCUT2D eigenvalue weighted by molar-refractivity contribution is 6.00. The van der Waals surface area contributed by atoms with Crippen LogP contribution in [-0.4, -0.2) is 10.9 Å². The van der Waals surface area contributed by atoms with E-state index in [9.17, 15) is 4.79 Å². The fraction of sp³-hybridized carbons (Fsp3) is 0.250. The van der Waals surface area contributed by atoms with E-state index in [1.54, 1.807) is 0 Å². The first-order valence-corrected chi connectivity index (χ1v) is 6.41. The lowest BCUT2D eigenvalue weighted by molar-refractivity contribution is -0.115. The molecular weight excluding hydrogens is 236 g/mol. The average Bonchev–Trinajstić information content (AvgIpc) is 2.70. The molecule has 1 aliphatic rings. The number of hydrogen-bond donors (Lipinski definition) is 1. The molecule has 1 aliphatic heterocycles. The number of aromatic nitrogens is 1. The summed E-state index contributed by atoms with van der Waals surface area (Å²) in [4.78, 5) is 15.7. The molecule has 96 valence electrons. The summed E-state index contributed by atoms with van der Waals surface area (Å²) in [5.74, 6) is 0.0819. The van der Waals surface area contributed by atoms with E-state index < -0.39 is 0 Å². The Kier molecular flexibility index (Phi) is 2.63. The molecule has 1 N–H and O–H groups in total. The van der Waals surface area contributed by atoms with E-state index in [1.807, 2.05) is 19.3 Å². The number of benzene rings is 1. The molecule has 0 saturated carbocycles. The lowest BCUT2D eigenvalue weighted by atomic mass is 9.94.